The van der Waals surface area contributed by atoms with Crippen LogP contribution in [0.4, 0.5) is 0 Å². The second-order valence-corrected chi connectivity index (χ2v) is 7.32. The Balaban J connectivity index is 1.92. The zero-order valence-electron chi connectivity index (χ0n) is 15.4. The van der Waals surface area contributed by atoms with Gasteiger partial charge in [-0.3, -0.25) is 4.79 Å². The molecule has 0 unspecified atom stereocenters. The van der Waals surface area contributed by atoms with Crippen molar-refractivity contribution in [2.75, 3.05) is 6.61 Å². The highest BCUT2D eigenvalue weighted by Gasteiger charge is 2.25. The monoisotopic (exact) mass is 413 g/mol. The van der Waals surface area contributed by atoms with E-state index in [1.54, 1.807) is 6.07 Å². The second-order valence-electron chi connectivity index (χ2n) is 6.50. The smallest absolute Gasteiger partial charge is 0.362 e. The average molecular weight is 414 g/mol. The summed E-state index contributed by atoms with van der Waals surface area (Å²) >= 11 is 12.6. The number of hydrogen-bond donors (Lipinski definition) is 1. The highest BCUT2D eigenvalue weighted by Crippen LogP contribution is 2.16. The summed E-state index contributed by atoms with van der Waals surface area (Å²) in [6.45, 7) is 3.02. The van der Waals surface area contributed by atoms with Crippen LogP contribution in [0.3, 0.4) is 0 Å². The van der Waals surface area contributed by atoms with Crippen LogP contribution < -0.4 is 10.9 Å². The lowest BCUT2D eigenvalue weighted by atomic mass is 9.55. The van der Waals surface area contributed by atoms with Gasteiger partial charge in [-0.15, -0.1) is 0 Å². The van der Waals surface area contributed by atoms with Crippen LogP contribution in [0.5, 0.6) is 5.75 Å². The lowest BCUT2D eigenvalue weighted by molar-refractivity contribution is 0.0915. The first-order valence-electron chi connectivity index (χ1n) is 8.67. The Morgan fingerprint density at radius 1 is 1.04 bits per heavy atom. The van der Waals surface area contributed by atoms with Crippen molar-refractivity contribution in [3.63, 3.8) is 0 Å². The highest BCUT2D eigenvalue weighted by molar-refractivity contribution is 6.80. The number of Topliss-reactive ketones (excluding diaryl/α,β-unsaturated/α-hetero) is 1. The van der Waals surface area contributed by atoms with Crippen molar-refractivity contribution in [1.29, 1.82) is 0 Å². The molecule has 0 aliphatic carbocycles. The predicted octanol–water partition coefficient (Wildman–Crippen LogP) is 3.72. The van der Waals surface area contributed by atoms with E-state index in [4.69, 9.17) is 27.9 Å². The fourth-order valence-electron chi connectivity index (χ4n) is 2.77. The minimum atomic E-state index is -0.550. The SMILES string of the molecule is Cc1ccc(B(OCC(=O)c2ncccc2O)c2ccc(C)c(Cl)c2)cc1Cl. The Morgan fingerprint density at radius 3 is 2.11 bits per heavy atom. The predicted molar refractivity (Wildman–Crippen MR) is 114 cm³/mol. The fraction of sp³-hybridized carbons (Fsp3) is 0.143. The first-order valence-corrected chi connectivity index (χ1v) is 9.43. The van der Waals surface area contributed by atoms with Crippen molar-refractivity contribution in [3.8, 4) is 5.75 Å². The number of nitrogens with zero attached hydrogens (tertiary/aromatic N) is 1. The summed E-state index contributed by atoms with van der Waals surface area (Å²) in [5.41, 5.74) is 3.47. The molecule has 3 rings (SSSR count). The number of aromatic nitrogens is 1. The van der Waals surface area contributed by atoms with Crippen molar-refractivity contribution in [2.45, 2.75) is 13.8 Å². The molecule has 0 aliphatic heterocycles. The third kappa shape index (κ3) is 4.55. The lowest BCUT2D eigenvalue weighted by Crippen LogP contribution is -2.46. The Hall–Kier alpha value is -2.34. The van der Waals surface area contributed by atoms with E-state index in [-0.39, 0.29) is 18.1 Å². The zero-order chi connectivity index (χ0) is 20.3. The Labute approximate surface area is 174 Å². The van der Waals surface area contributed by atoms with Crippen LogP contribution in [0.25, 0.3) is 0 Å². The Kier molecular flexibility index (Phi) is 6.40. The summed E-state index contributed by atoms with van der Waals surface area (Å²) in [6.07, 6.45) is 1.45. The van der Waals surface area contributed by atoms with E-state index >= 15 is 0 Å². The highest BCUT2D eigenvalue weighted by atomic mass is 35.5. The third-order valence-corrected chi connectivity index (χ3v) is 5.24. The molecule has 0 spiro atoms. The minimum absolute atomic E-state index is 0.0230. The molecule has 0 aliphatic rings. The van der Waals surface area contributed by atoms with Crippen molar-refractivity contribution in [1.82, 2.24) is 4.98 Å². The third-order valence-electron chi connectivity index (χ3n) is 4.43. The molecule has 142 valence electrons. The number of aromatic hydroxyl groups is 1. The van der Waals surface area contributed by atoms with Crippen LogP contribution >= 0.6 is 23.2 Å². The summed E-state index contributed by atoms with van der Waals surface area (Å²) in [6, 6.07) is 14.2. The number of carbonyl (C=O) groups is 1. The van der Waals surface area contributed by atoms with Gasteiger partial charge in [0.2, 0.25) is 5.78 Å². The van der Waals surface area contributed by atoms with Crippen LogP contribution in [0, 0.1) is 13.8 Å². The Morgan fingerprint density at radius 2 is 1.61 bits per heavy atom. The van der Waals surface area contributed by atoms with E-state index in [2.05, 4.69) is 4.98 Å². The van der Waals surface area contributed by atoms with Gasteiger partial charge in [-0.25, -0.2) is 4.98 Å². The number of hydrogen-bond acceptors (Lipinski definition) is 4. The van der Waals surface area contributed by atoms with E-state index in [9.17, 15) is 9.90 Å². The van der Waals surface area contributed by atoms with Gasteiger partial charge in [-0.2, -0.15) is 0 Å². The lowest BCUT2D eigenvalue weighted by Gasteiger charge is -2.17. The number of halogens is 2. The molecule has 0 saturated carbocycles. The molecule has 28 heavy (non-hydrogen) atoms. The Bertz CT molecular complexity index is 975. The van der Waals surface area contributed by atoms with Gasteiger partial charge in [0.05, 0.1) is 6.61 Å². The quantitative estimate of drug-likeness (QED) is 0.494. The molecule has 2 aromatic carbocycles. The molecule has 1 N–H and O–H groups in total. The standard InChI is InChI=1S/C21H18BCl2NO3/c1-13-5-7-15(10-17(13)23)22(16-8-6-14(2)18(24)11-16)28-12-20(27)21-19(26)4-3-9-25-21/h3-11,26H,12H2,1-2H3. The molecule has 1 aromatic heterocycles. The summed E-state index contributed by atoms with van der Waals surface area (Å²) < 4.78 is 5.96. The van der Waals surface area contributed by atoms with Crippen LogP contribution in [0.15, 0.2) is 54.7 Å². The summed E-state index contributed by atoms with van der Waals surface area (Å²) in [5.74, 6) is -0.594. The normalized spacial score (nSPS) is 10.7. The number of aryl methyl sites for hydroxylation is 2. The number of pyridine rings is 1. The van der Waals surface area contributed by atoms with E-state index in [0.29, 0.717) is 10.0 Å². The number of ketones is 1. The van der Waals surface area contributed by atoms with E-state index in [0.717, 1.165) is 22.1 Å². The molecule has 0 amide bonds. The molecule has 0 saturated heterocycles. The number of benzene rings is 2. The van der Waals surface area contributed by atoms with E-state index < -0.39 is 12.7 Å². The van der Waals surface area contributed by atoms with Gasteiger partial charge in [-0.05, 0) is 60.2 Å². The van der Waals surface area contributed by atoms with Crippen molar-refractivity contribution in [2.24, 2.45) is 0 Å². The topological polar surface area (TPSA) is 59.4 Å². The van der Waals surface area contributed by atoms with Gasteiger partial charge in [0.15, 0.2) is 0 Å². The van der Waals surface area contributed by atoms with Gasteiger partial charge in [-0.1, -0.05) is 47.5 Å². The molecule has 0 bridgehead atoms. The second kappa shape index (κ2) is 8.78. The molecule has 0 radical (unpaired) electrons. The van der Waals surface area contributed by atoms with E-state index in [1.165, 1.54) is 12.3 Å². The van der Waals surface area contributed by atoms with Crippen LogP contribution in [-0.2, 0) is 4.65 Å². The number of rotatable bonds is 6. The summed E-state index contributed by atoms with van der Waals surface area (Å²) in [7, 11) is 0. The van der Waals surface area contributed by atoms with Gasteiger partial charge in [0.25, 0.3) is 0 Å². The van der Waals surface area contributed by atoms with Crippen LogP contribution in [-0.4, -0.2) is 29.4 Å². The minimum Gasteiger partial charge on any atom is -0.506 e. The molecule has 7 heteroatoms. The van der Waals surface area contributed by atoms with E-state index in [1.807, 2.05) is 50.2 Å². The van der Waals surface area contributed by atoms with Crippen molar-refractivity contribution in [3.05, 3.63) is 81.6 Å². The summed E-state index contributed by atoms with van der Waals surface area (Å²) in [5, 5.41) is 11.1. The van der Waals surface area contributed by atoms with Gasteiger partial charge in [0, 0.05) is 16.2 Å². The first-order chi connectivity index (χ1) is 13.4. The van der Waals surface area contributed by atoms with Crippen LogP contribution in [0.1, 0.15) is 21.6 Å². The summed E-state index contributed by atoms with van der Waals surface area (Å²) in [4.78, 5) is 16.4. The van der Waals surface area contributed by atoms with Crippen molar-refractivity contribution >= 4 is 46.8 Å². The maximum atomic E-state index is 12.5. The number of carbonyl (C=O) groups excluding carboxylic acids is 1. The molecule has 3 aromatic rings. The zero-order valence-corrected chi connectivity index (χ0v) is 17.0. The first kappa shape index (κ1) is 20.4. The van der Waals surface area contributed by atoms with Crippen molar-refractivity contribution < 1.29 is 14.6 Å². The average Bonchev–Trinajstić information content (AvgIpc) is 2.67. The largest absolute Gasteiger partial charge is 0.506 e. The maximum Gasteiger partial charge on any atom is 0.362 e. The molecule has 0 atom stereocenters. The maximum absolute atomic E-state index is 12.5. The molecule has 0 fully saturated rings. The van der Waals surface area contributed by atoms with Gasteiger partial charge in [0.1, 0.15) is 11.4 Å². The van der Waals surface area contributed by atoms with Gasteiger partial charge >= 0.3 is 6.92 Å². The molecule has 1 heterocycles. The van der Waals surface area contributed by atoms with Gasteiger partial charge < -0.3 is 9.76 Å². The molecule has 4 nitrogen and oxygen atoms in total. The van der Waals surface area contributed by atoms with Crippen LogP contribution in [0.2, 0.25) is 10.0 Å². The fourth-order valence-corrected chi connectivity index (χ4v) is 3.15. The molecular weight excluding hydrogens is 396 g/mol. The molecular formula is C21H18BCl2NO3.